The second-order valence-corrected chi connectivity index (χ2v) is 4.37. The monoisotopic (exact) mass is 249 g/mol. The van der Waals surface area contributed by atoms with Crippen LogP contribution in [-0.2, 0) is 6.42 Å². The van der Waals surface area contributed by atoms with Crippen LogP contribution in [0.15, 0.2) is 41.0 Å². The third kappa shape index (κ3) is 2.54. The van der Waals surface area contributed by atoms with E-state index < -0.39 is 0 Å². The van der Waals surface area contributed by atoms with Gasteiger partial charge in [-0.1, -0.05) is 30.7 Å². The van der Waals surface area contributed by atoms with Crippen molar-refractivity contribution >= 4 is 11.6 Å². The van der Waals surface area contributed by atoms with Crippen molar-refractivity contribution in [3.63, 3.8) is 0 Å². The predicted molar refractivity (Wildman–Crippen MR) is 70.4 cm³/mol. The van der Waals surface area contributed by atoms with E-state index in [-0.39, 0.29) is 6.04 Å². The smallest absolute Gasteiger partial charge is 0.108 e. The predicted octanol–water partition coefficient (Wildman–Crippen LogP) is 3.80. The summed E-state index contributed by atoms with van der Waals surface area (Å²) in [4.78, 5) is 0. The van der Waals surface area contributed by atoms with Crippen molar-refractivity contribution in [2.75, 3.05) is 7.05 Å². The highest BCUT2D eigenvalue weighted by molar-refractivity contribution is 6.30. The molecule has 0 spiro atoms. The van der Waals surface area contributed by atoms with E-state index in [0.717, 1.165) is 22.8 Å². The molecule has 0 radical (unpaired) electrons. The van der Waals surface area contributed by atoms with E-state index in [1.807, 2.05) is 31.3 Å². The zero-order valence-electron chi connectivity index (χ0n) is 10.0. The molecule has 2 rings (SSSR count). The summed E-state index contributed by atoms with van der Waals surface area (Å²) in [5, 5.41) is 4.06. The standard InChI is InChI=1S/C14H16ClNO/c1-3-13-12(7-8-17-13)14(16-2)10-5-4-6-11(15)9-10/h4-9,14,16H,3H2,1-2H3. The first-order valence-corrected chi connectivity index (χ1v) is 6.13. The van der Waals surface area contributed by atoms with Gasteiger partial charge in [0.15, 0.2) is 0 Å². The highest BCUT2D eigenvalue weighted by atomic mass is 35.5. The van der Waals surface area contributed by atoms with Gasteiger partial charge >= 0.3 is 0 Å². The van der Waals surface area contributed by atoms with Crippen molar-refractivity contribution in [2.24, 2.45) is 0 Å². The summed E-state index contributed by atoms with van der Waals surface area (Å²) in [5.41, 5.74) is 2.33. The molecule has 2 aromatic rings. The summed E-state index contributed by atoms with van der Waals surface area (Å²) in [6.45, 7) is 2.09. The van der Waals surface area contributed by atoms with Gasteiger partial charge in [-0.3, -0.25) is 0 Å². The van der Waals surface area contributed by atoms with Gasteiger partial charge in [-0.25, -0.2) is 0 Å². The van der Waals surface area contributed by atoms with Crippen LogP contribution >= 0.6 is 11.6 Å². The molecule has 0 aliphatic heterocycles. The molecule has 2 nitrogen and oxygen atoms in total. The molecule has 0 saturated carbocycles. The summed E-state index contributed by atoms with van der Waals surface area (Å²) in [6, 6.07) is 10.0. The molecule has 1 heterocycles. The molecule has 0 aliphatic carbocycles. The number of hydrogen-bond acceptors (Lipinski definition) is 2. The number of hydrogen-bond donors (Lipinski definition) is 1. The van der Waals surface area contributed by atoms with Crippen molar-refractivity contribution in [1.29, 1.82) is 0 Å². The Kier molecular flexibility index (Phi) is 3.87. The van der Waals surface area contributed by atoms with Gasteiger partial charge in [0.05, 0.1) is 12.3 Å². The van der Waals surface area contributed by atoms with E-state index in [0.29, 0.717) is 0 Å². The molecule has 17 heavy (non-hydrogen) atoms. The zero-order valence-corrected chi connectivity index (χ0v) is 10.8. The van der Waals surface area contributed by atoms with Crippen LogP contribution in [0.4, 0.5) is 0 Å². The summed E-state index contributed by atoms with van der Waals surface area (Å²) in [6.07, 6.45) is 2.63. The molecule has 1 N–H and O–H groups in total. The van der Waals surface area contributed by atoms with E-state index >= 15 is 0 Å². The van der Waals surface area contributed by atoms with Gasteiger partial charge in [0.1, 0.15) is 5.76 Å². The molecule has 0 aliphatic rings. The number of furan rings is 1. The van der Waals surface area contributed by atoms with E-state index in [4.69, 9.17) is 16.0 Å². The fourth-order valence-electron chi connectivity index (χ4n) is 2.08. The number of halogens is 1. The van der Waals surface area contributed by atoms with Gasteiger partial charge < -0.3 is 9.73 Å². The SMILES string of the molecule is CCc1occc1C(NC)c1cccc(Cl)c1. The van der Waals surface area contributed by atoms with Crippen LogP contribution in [-0.4, -0.2) is 7.05 Å². The van der Waals surface area contributed by atoms with Crippen molar-refractivity contribution in [2.45, 2.75) is 19.4 Å². The number of rotatable bonds is 4. The second-order valence-electron chi connectivity index (χ2n) is 3.93. The van der Waals surface area contributed by atoms with Crippen LogP contribution in [0.1, 0.15) is 29.9 Å². The minimum Gasteiger partial charge on any atom is -0.469 e. The second kappa shape index (κ2) is 5.39. The van der Waals surface area contributed by atoms with Gasteiger partial charge in [-0.15, -0.1) is 0 Å². The van der Waals surface area contributed by atoms with Gasteiger partial charge in [0.2, 0.25) is 0 Å². The molecular formula is C14H16ClNO. The van der Waals surface area contributed by atoms with Gasteiger partial charge in [-0.2, -0.15) is 0 Å². The molecule has 1 atom stereocenters. The number of benzene rings is 1. The molecular weight excluding hydrogens is 234 g/mol. The first-order valence-electron chi connectivity index (χ1n) is 5.75. The fraction of sp³-hybridized carbons (Fsp3) is 0.286. The number of aryl methyl sites for hydroxylation is 1. The van der Waals surface area contributed by atoms with E-state index in [1.54, 1.807) is 6.26 Å². The summed E-state index contributed by atoms with van der Waals surface area (Å²) in [5.74, 6) is 1.02. The zero-order chi connectivity index (χ0) is 12.3. The topological polar surface area (TPSA) is 25.2 Å². The lowest BCUT2D eigenvalue weighted by atomic mass is 9.98. The van der Waals surface area contributed by atoms with Gasteiger partial charge in [0.25, 0.3) is 0 Å². The van der Waals surface area contributed by atoms with Crippen molar-refractivity contribution in [3.8, 4) is 0 Å². The highest BCUT2D eigenvalue weighted by Crippen LogP contribution is 2.27. The van der Waals surface area contributed by atoms with Crippen molar-refractivity contribution < 1.29 is 4.42 Å². The molecule has 0 amide bonds. The molecule has 1 aromatic carbocycles. The largest absolute Gasteiger partial charge is 0.469 e. The maximum Gasteiger partial charge on any atom is 0.108 e. The molecule has 1 unspecified atom stereocenters. The minimum atomic E-state index is 0.127. The maximum absolute atomic E-state index is 6.03. The van der Waals surface area contributed by atoms with Gasteiger partial charge in [0, 0.05) is 17.0 Å². The summed E-state index contributed by atoms with van der Waals surface area (Å²) in [7, 11) is 1.94. The lowest BCUT2D eigenvalue weighted by Crippen LogP contribution is -2.18. The van der Waals surface area contributed by atoms with Crippen LogP contribution in [0.5, 0.6) is 0 Å². The Morgan fingerprint density at radius 2 is 2.18 bits per heavy atom. The minimum absolute atomic E-state index is 0.127. The molecule has 90 valence electrons. The van der Waals surface area contributed by atoms with Crippen LogP contribution < -0.4 is 5.32 Å². The summed E-state index contributed by atoms with van der Waals surface area (Å²) < 4.78 is 5.48. The van der Waals surface area contributed by atoms with Crippen LogP contribution in [0.25, 0.3) is 0 Å². The Labute approximate surface area is 107 Å². The molecule has 3 heteroatoms. The Bertz CT molecular complexity index is 492. The van der Waals surface area contributed by atoms with E-state index in [1.165, 1.54) is 5.56 Å². The third-order valence-corrected chi connectivity index (χ3v) is 3.12. The quantitative estimate of drug-likeness (QED) is 0.892. The Hall–Kier alpha value is -1.25. The Morgan fingerprint density at radius 3 is 2.82 bits per heavy atom. The number of nitrogens with one attached hydrogen (secondary N) is 1. The Balaban J connectivity index is 2.40. The van der Waals surface area contributed by atoms with Crippen LogP contribution in [0.3, 0.4) is 0 Å². The van der Waals surface area contributed by atoms with E-state index in [9.17, 15) is 0 Å². The Morgan fingerprint density at radius 1 is 1.35 bits per heavy atom. The van der Waals surface area contributed by atoms with E-state index in [2.05, 4.69) is 18.3 Å². The summed E-state index contributed by atoms with van der Waals surface area (Å²) >= 11 is 6.03. The first-order chi connectivity index (χ1) is 8.26. The highest BCUT2D eigenvalue weighted by Gasteiger charge is 2.17. The van der Waals surface area contributed by atoms with Gasteiger partial charge in [-0.05, 0) is 30.8 Å². The molecule has 0 saturated heterocycles. The average Bonchev–Trinajstić information content (AvgIpc) is 2.78. The molecule has 0 fully saturated rings. The lowest BCUT2D eigenvalue weighted by molar-refractivity contribution is 0.505. The molecule has 0 bridgehead atoms. The van der Waals surface area contributed by atoms with Crippen LogP contribution in [0.2, 0.25) is 5.02 Å². The van der Waals surface area contributed by atoms with Crippen LogP contribution in [0, 0.1) is 0 Å². The molecule has 1 aromatic heterocycles. The fourth-order valence-corrected chi connectivity index (χ4v) is 2.28. The first kappa shape index (κ1) is 12.2. The lowest BCUT2D eigenvalue weighted by Gasteiger charge is -2.16. The average molecular weight is 250 g/mol. The van der Waals surface area contributed by atoms with Crippen molar-refractivity contribution in [1.82, 2.24) is 5.32 Å². The van der Waals surface area contributed by atoms with Crippen molar-refractivity contribution in [3.05, 3.63) is 58.5 Å². The normalized spacial score (nSPS) is 12.6. The maximum atomic E-state index is 6.03. The third-order valence-electron chi connectivity index (χ3n) is 2.88.